The van der Waals surface area contributed by atoms with E-state index in [1.807, 2.05) is 12.5 Å². The molecule has 0 radical (unpaired) electrons. The first-order valence-corrected chi connectivity index (χ1v) is 5.88. The molecule has 0 aliphatic heterocycles. The highest BCUT2D eigenvalue weighted by atomic mass is 32.2. The molecule has 4 nitrogen and oxygen atoms in total. The molecule has 1 aromatic rings. The second-order valence-corrected chi connectivity index (χ2v) is 3.71. The van der Waals surface area contributed by atoms with Crippen LogP contribution < -0.4 is 5.73 Å². The van der Waals surface area contributed by atoms with E-state index < -0.39 is 5.91 Å². The summed E-state index contributed by atoms with van der Waals surface area (Å²) in [5.41, 5.74) is 5.52. The summed E-state index contributed by atoms with van der Waals surface area (Å²) in [6.07, 6.45) is 5.19. The fourth-order valence-electron chi connectivity index (χ4n) is 0.774. The van der Waals surface area contributed by atoms with Crippen LogP contribution in [0.2, 0.25) is 0 Å². The zero-order valence-electron chi connectivity index (χ0n) is 7.27. The lowest BCUT2D eigenvalue weighted by Gasteiger charge is -2.02. The van der Waals surface area contributed by atoms with Crippen LogP contribution in [0.25, 0.3) is 0 Å². The third kappa shape index (κ3) is 2.35. The lowest BCUT2D eigenvalue weighted by Crippen LogP contribution is -2.13. The molecule has 0 saturated heterocycles. The van der Waals surface area contributed by atoms with Crippen molar-refractivity contribution in [2.24, 2.45) is 5.73 Å². The Morgan fingerprint density at radius 2 is 2.15 bits per heavy atom. The van der Waals surface area contributed by atoms with Gasteiger partial charge in [-0.1, -0.05) is 11.8 Å². The lowest BCUT2D eigenvalue weighted by atomic mass is 10.3. The molecule has 0 spiro atoms. The van der Waals surface area contributed by atoms with Crippen molar-refractivity contribution in [1.29, 1.82) is 0 Å². The van der Waals surface area contributed by atoms with Crippen LogP contribution in [0.1, 0.15) is 10.4 Å². The Morgan fingerprint density at radius 1 is 1.46 bits per heavy atom. The van der Waals surface area contributed by atoms with E-state index in [1.165, 1.54) is 29.7 Å². The van der Waals surface area contributed by atoms with Crippen LogP contribution in [0.5, 0.6) is 0 Å². The second kappa shape index (κ2) is 4.48. The van der Waals surface area contributed by atoms with Gasteiger partial charge in [-0.05, 0) is 12.5 Å². The average Bonchev–Trinajstić information content (AvgIpc) is 2.16. The maximum atomic E-state index is 10.9. The van der Waals surface area contributed by atoms with Crippen molar-refractivity contribution in [2.75, 3.05) is 12.5 Å². The van der Waals surface area contributed by atoms with Gasteiger partial charge >= 0.3 is 0 Å². The van der Waals surface area contributed by atoms with Gasteiger partial charge in [-0.3, -0.25) is 4.79 Å². The zero-order valence-corrected chi connectivity index (χ0v) is 8.91. The fraction of sp³-hybridized carbons (Fsp3) is 0.286. The van der Waals surface area contributed by atoms with Crippen molar-refractivity contribution in [3.05, 3.63) is 11.8 Å². The number of aromatic nitrogens is 2. The molecule has 0 bridgehead atoms. The van der Waals surface area contributed by atoms with Crippen molar-refractivity contribution in [2.45, 2.75) is 10.2 Å². The third-order valence-electron chi connectivity index (χ3n) is 1.37. The smallest absolute Gasteiger partial charge is 0.253 e. The molecule has 0 aliphatic rings. The van der Waals surface area contributed by atoms with E-state index in [2.05, 4.69) is 9.97 Å². The van der Waals surface area contributed by atoms with Crippen LogP contribution in [0.3, 0.4) is 0 Å². The molecule has 0 aliphatic carbocycles. The van der Waals surface area contributed by atoms with Gasteiger partial charge in [0, 0.05) is 6.20 Å². The quantitative estimate of drug-likeness (QED) is 0.463. The predicted octanol–water partition coefficient (Wildman–Crippen LogP) is 1.02. The number of nitrogens with zero attached hydrogens (tertiary/aromatic N) is 2. The largest absolute Gasteiger partial charge is 0.365 e. The summed E-state index contributed by atoms with van der Waals surface area (Å²) >= 11 is 2.82. The first-order chi connectivity index (χ1) is 6.19. The van der Waals surface area contributed by atoms with Crippen molar-refractivity contribution < 1.29 is 4.79 Å². The van der Waals surface area contributed by atoms with Crippen LogP contribution in [0.4, 0.5) is 0 Å². The molecule has 2 N–H and O–H groups in total. The summed E-state index contributed by atoms with van der Waals surface area (Å²) in [5.74, 6) is -0.489. The van der Waals surface area contributed by atoms with E-state index in [-0.39, 0.29) is 0 Å². The summed E-state index contributed by atoms with van der Waals surface area (Å²) in [6.45, 7) is 0. The molecule has 70 valence electrons. The summed E-state index contributed by atoms with van der Waals surface area (Å²) < 4.78 is 0. The van der Waals surface area contributed by atoms with E-state index in [4.69, 9.17) is 5.73 Å². The average molecular weight is 215 g/mol. The van der Waals surface area contributed by atoms with Crippen LogP contribution in [0.15, 0.2) is 16.4 Å². The molecule has 6 heteroatoms. The molecule has 0 unspecified atom stereocenters. The highest BCUT2D eigenvalue weighted by molar-refractivity contribution is 7.99. The first kappa shape index (κ1) is 10.3. The highest BCUT2D eigenvalue weighted by Gasteiger charge is 2.10. The van der Waals surface area contributed by atoms with Gasteiger partial charge in [0.15, 0.2) is 5.16 Å². The number of carbonyl (C=O) groups is 1. The van der Waals surface area contributed by atoms with E-state index in [0.29, 0.717) is 15.7 Å². The molecular formula is C7H9N3OS2. The molecule has 0 atom stereocenters. The Hall–Kier alpha value is -0.750. The molecule has 1 aromatic heterocycles. The Balaban J connectivity index is 3.15. The number of hydrogen-bond donors (Lipinski definition) is 1. The van der Waals surface area contributed by atoms with Crippen molar-refractivity contribution in [1.82, 2.24) is 9.97 Å². The SMILES string of the molecule is CSc1ncc(C(N)=O)c(SC)n1. The van der Waals surface area contributed by atoms with Crippen molar-refractivity contribution >= 4 is 29.4 Å². The fourth-order valence-corrected chi connectivity index (χ4v) is 1.72. The number of thioether (sulfide) groups is 2. The number of primary amides is 1. The van der Waals surface area contributed by atoms with E-state index in [0.717, 1.165) is 0 Å². The number of amides is 1. The number of hydrogen-bond acceptors (Lipinski definition) is 5. The lowest BCUT2D eigenvalue weighted by molar-refractivity contribution is 0.0996. The zero-order chi connectivity index (χ0) is 9.84. The van der Waals surface area contributed by atoms with E-state index in [9.17, 15) is 4.79 Å². The summed E-state index contributed by atoms with van der Waals surface area (Å²) in [6, 6.07) is 0. The molecule has 1 rings (SSSR count). The summed E-state index contributed by atoms with van der Waals surface area (Å²) in [7, 11) is 0. The normalized spacial score (nSPS) is 10.0. The van der Waals surface area contributed by atoms with E-state index >= 15 is 0 Å². The first-order valence-electron chi connectivity index (χ1n) is 3.44. The minimum Gasteiger partial charge on any atom is -0.365 e. The van der Waals surface area contributed by atoms with Crippen molar-refractivity contribution in [3.63, 3.8) is 0 Å². The monoisotopic (exact) mass is 215 g/mol. The van der Waals surface area contributed by atoms with Gasteiger partial charge < -0.3 is 5.73 Å². The minimum absolute atomic E-state index is 0.380. The predicted molar refractivity (Wildman–Crippen MR) is 54.1 cm³/mol. The van der Waals surface area contributed by atoms with Gasteiger partial charge in [-0.25, -0.2) is 9.97 Å². The van der Waals surface area contributed by atoms with Crippen molar-refractivity contribution in [3.8, 4) is 0 Å². The minimum atomic E-state index is -0.489. The molecular weight excluding hydrogens is 206 g/mol. The Bertz CT molecular complexity index is 330. The van der Waals surface area contributed by atoms with Gasteiger partial charge in [0.05, 0.1) is 5.56 Å². The van der Waals surface area contributed by atoms with Gasteiger partial charge in [0.2, 0.25) is 0 Å². The van der Waals surface area contributed by atoms with Crippen LogP contribution in [-0.2, 0) is 0 Å². The van der Waals surface area contributed by atoms with Gasteiger partial charge in [0.1, 0.15) is 5.03 Å². The maximum absolute atomic E-state index is 10.9. The Labute approximate surface area is 84.7 Å². The van der Waals surface area contributed by atoms with Crippen LogP contribution in [-0.4, -0.2) is 28.4 Å². The highest BCUT2D eigenvalue weighted by Crippen LogP contribution is 2.19. The maximum Gasteiger partial charge on any atom is 0.253 e. The van der Waals surface area contributed by atoms with Crippen LogP contribution in [0, 0.1) is 0 Å². The van der Waals surface area contributed by atoms with Gasteiger partial charge in [0.25, 0.3) is 5.91 Å². The number of carbonyl (C=O) groups excluding carboxylic acids is 1. The Morgan fingerprint density at radius 3 is 2.62 bits per heavy atom. The standard InChI is InChI=1S/C7H9N3OS2/c1-12-6-4(5(8)11)3-9-7(10-6)13-2/h3H,1-2H3,(H2,8,11). The molecule has 0 fully saturated rings. The summed E-state index contributed by atoms with van der Waals surface area (Å²) in [4.78, 5) is 19.0. The van der Waals surface area contributed by atoms with Crippen LogP contribution >= 0.6 is 23.5 Å². The Kier molecular flexibility index (Phi) is 3.56. The topological polar surface area (TPSA) is 68.9 Å². The molecule has 0 aromatic carbocycles. The molecule has 1 amide bonds. The summed E-state index contributed by atoms with van der Waals surface area (Å²) in [5, 5.41) is 1.28. The van der Waals surface area contributed by atoms with Gasteiger partial charge in [-0.15, -0.1) is 11.8 Å². The number of rotatable bonds is 3. The molecule has 0 saturated carbocycles. The molecule has 13 heavy (non-hydrogen) atoms. The van der Waals surface area contributed by atoms with E-state index in [1.54, 1.807) is 0 Å². The second-order valence-electron chi connectivity index (χ2n) is 2.14. The van der Waals surface area contributed by atoms with Gasteiger partial charge in [-0.2, -0.15) is 0 Å². The third-order valence-corrected chi connectivity index (χ3v) is 2.63. The number of nitrogens with two attached hydrogens (primary N) is 1. The molecule has 1 heterocycles.